The number of anilines is 2. The van der Waals surface area contributed by atoms with Crippen molar-refractivity contribution in [2.24, 2.45) is 0 Å². The first-order valence-corrected chi connectivity index (χ1v) is 4.55. The number of para-hydroxylation sites is 2. The third kappa shape index (κ3) is 1.32. The summed E-state index contributed by atoms with van der Waals surface area (Å²) in [6, 6.07) is 6.39. The van der Waals surface area contributed by atoms with Gasteiger partial charge in [-0.2, -0.15) is 0 Å². The highest BCUT2D eigenvalue weighted by molar-refractivity contribution is 5.95. The zero-order chi connectivity index (χ0) is 11.9. The van der Waals surface area contributed by atoms with Crippen LogP contribution in [0.5, 0.6) is 0 Å². The Morgan fingerprint density at radius 1 is 1.12 bits per heavy atom. The van der Waals surface area contributed by atoms with E-state index in [9.17, 15) is 15.2 Å². The summed E-state index contributed by atoms with van der Waals surface area (Å²) < 4.78 is 0. The molecular weight excluding hydrogens is 212 g/mol. The van der Waals surface area contributed by atoms with Crippen molar-refractivity contribution in [2.45, 2.75) is 6.92 Å². The normalized spacial score (nSPS) is 15.2. The number of aliphatic carboxylic acids is 1. The van der Waals surface area contributed by atoms with Gasteiger partial charge in [-0.3, -0.25) is 10.4 Å². The summed E-state index contributed by atoms with van der Waals surface area (Å²) in [6.45, 7) is 1.41. The molecule has 1 aromatic rings. The highest BCUT2D eigenvalue weighted by Crippen LogP contribution is 2.37. The lowest BCUT2D eigenvalue weighted by Gasteiger charge is -2.32. The fourth-order valence-electron chi connectivity index (χ4n) is 1.62. The third-order valence-corrected chi connectivity index (χ3v) is 2.41. The van der Waals surface area contributed by atoms with Crippen LogP contribution in [0.4, 0.5) is 11.4 Å². The van der Waals surface area contributed by atoms with Crippen LogP contribution >= 0.6 is 0 Å². The summed E-state index contributed by atoms with van der Waals surface area (Å²) in [7, 11) is 0. The largest absolute Gasteiger partial charge is 0.476 e. The van der Waals surface area contributed by atoms with Gasteiger partial charge in [-0.1, -0.05) is 12.1 Å². The second kappa shape index (κ2) is 3.51. The lowest BCUT2D eigenvalue weighted by atomic mass is 10.1. The number of carbonyl (C=O) groups is 1. The molecule has 0 spiro atoms. The van der Waals surface area contributed by atoms with E-state index in [1.165, 1.54) is 13.0 Å². The van der Waals surface area contributed by atoms with Crippen molar-refractivity contribution in [3.63, 3.8) is 0 Å². The molecule has 6 nitrogen and oxygen atoms in total. The second-order valence-electron chi connectivity index (χ2n) is 3.35. The van der Waals surface area contributed by atoms with Gasteiger partial charge in [0.2, 0.25) is 0 Å². The van der Waals surface area contributed by atoms with Crippen molar-refractivity contribution < 1.29 is 20.3 Å². The summed E-state index contributed by atoms with van der Waals surface area (Å²) in [5.41, 5.74) is 0.218. The molecule has 2 rings (SSSR count). The Morgan fingerprint density at radius 2 is 1.62 bits per heavy atom. The molecule has 0 unspecified atom stereocenters. The monoisotopic (exact) mass is 222 g/mol. The number of rotatable bonds is 1. The van der Waals surface area contributed by atoms with E-state index in [1.807, 2.05) is 0 Å². The molecule has 84 valence electrons. The van der Waals surface area contributed by atoms with Crippen LogP contribution in [-0.2, 0) is 4.79 Å². The number of nitrogens with zero attached hydrogens (tertiary/aromatic N) is 2. The van der Waals surface area contributed by atoms with Crippen LogP contribution in [0.2, 0.25) is 0 Å². The van der Waals surface area contributed by atoms with Gasteiger partial charge in [0, 0.05) is 0 Å². The van der Waals surface area contributed by atoms with Crippen molar-refractivity contribution in [3.8, 4) is 0 Å². The Labute approximate surface area is 91.2 Å². The highest BCUT2D eigenvalue weighted by atomic mass is 16.5. The maximum atomic E-state index is 10.9. The first kappa shape index (κ1) is 10.5. The zero-order valence-corrected chi connectivity index (χ0v) is 8.45. The maximum absolute atomic E-state index is 10.9. The Kier molecular flexibility index (Phi) is 2.30. The van der Waals surface area contributed by atoms with E-state index >= 15 is 0 Å². The molecule has 1 aliphatic rings. The third-order valence-electron chi connectivity index (χ3n) is 2.41. The van der Waals surface area contributed by atoms with Crippen molar-refractivity contribution in [1.29, 1.82) is 0 Å². The Hall–Kier alpha value is -2.05. The first-order chi connectivity index (χ1) is 7.54. The number of hydrogen-bond donors (Lipinski definition) is 3. The van der Waals surface area contributed by atoms with Gasteiger partial charge < -0.3 is 5.11 Å². The van der Waals surface area contributed by atoms with Crippen molar-refractivity contribution in [2.75, 3.05) is 10.1 Å². The number of allylic oxidation sites excluding steroid dienone is 1. The molecule has 6 heteroatoms. The summed E-state index contributed by atoms with van der Waals surface area (Å²) in [5.74, 6) is -1.31. The van der Waals surface area contributed by atoms with Crippen molar-refractivity contribution in [1.82, 2.24) is 0 Å². The molecule has 0 atom stereocenters. The van der Waals surface area contributed by atoms with E-state index in [-0.39, 0.29) is 17.1 Å². The van der Waals surface area contributed by atoms with E-state index in [2.05, 4.69) is 0 Å². The first-order valence-electron chi connectivity index (χ1n) is 4.55. The number of hydroxylamine groups is 2. The average Bonchev–Trinajstić information content (AvgIpc) is 2.26. The Morgan fingerprint density at radius 3 is 2.12 bits per heavy atom. The molecule has 0 fully saturated rings. The molecule has 1 aromatic carbocycles. The zero-order valence-electron chi connectivity index (χ0n) is 8.45. The summed E-state index contributed by atoms with van der Waals surface area (Å²) in [4.78, 5) is 10.9. The molecule has 0 amide bonds. The van der Waals surface area contributed by atoms with Crippen molar-refractivity contribution >= 4 is 17.3 Å². The standard InChI is InChI=1S/C10H10N2O4/c1-6-9(10(13)14)12(16)8-5-3-2-4-7(8)11(6)15/h2-5,15-16H,1H3,(H,13,14). The van der Waals surface area contributed by atoms with Crippen LogP contribution in [0.1, 0.15) is 6.92 Å². The lowest BCUT2D eigenvalue weighted by Crippen LogP contribution is -2.35. The predicted molar refractivity (Wildman–Crippen MR) is 55.3 cm³/mol. The summed E-state index contributed by atoms with van der Waals surface area (Å²) in [5, 5.41) is 29.7. The van der Waals surface area contributed by atoms with Gasteiger partial charge in [0.05, 0.1) is 17.1 Å². The average molecular weight is 222 g/mol. The molecule has 16 heavy (non-hydrogen) atoms. The van der Waals surface area contributed by atoms with Crippen LogP contribution in [0, 0.1) is 0 Å². The van der Waals surface area contributed by atoms with E-state index in [4.69, 9.17) is 5.11 Å². The van der Waals surface area contributed by atoms with Crippen molar-refractivity contribution in [3.05, 3.63) is 35.7 Å². The Balaban J connectivity index is 2.63. The molecule has 0 bridgehead atoms. The second-order valence-corrected chi connectivity index (χ2v) is 3.35. The van der Waals surface area contributed by atoms with E-state index < -0.39 is 5.97 Å². The minimum atomic E-state index is -1.31. The minimum Gasteiger partial charge on any atom is -0.476 e. The number of hydrogen-bond acceptors (Lipinski definition) is 5. The number of benzene rings is 1. The van der Waals surface area contributed by atoms with Crippen LogP contribution in [0.25, 0.3) is 0 Å². The molecule has 0 radical (unpaired) electrons. The fourth-order valence-corrected chi connectivity index (χ4v) is 1.62. The molecule has 1 heterocycles. The van der Waals surface area contributed by atoms with Crippen LogP contribution in [0.15, 0.2) is 35.7 Å². The SMILES string of the molecule is CC1=C(C(=O)O)N(O)c2ccccc2N1O. The molecule has 0 saturated carbocycles. The van der Waals surface area contributed by atoms with Gasteiger partial charge in [0.15, 0.2) is 5.70 Å². The van der Waals surface area contributed by atoms with E-state index in [0.29, 0.717) is 10.8 Å². The van der Waals surface area contributed by atoms with Gasteiger partial charge in [-0.15, -0.1) is 0 Å². The van der Waals surface area contributed by atoms with Crippen LogP contribution < -0.4 is 10.1 Å². The molecular formula is C10H10N2O4. The number of fused-ring (bicyclic) bond motifs is 1. The number of carboxylic acids is 1. The van der Waals surface area contributed by atoms with Gasteiger partial charge in [-0.25, -0.2) is 14.9 Å². The predicted octanol–water partition coefficient (Wildman–Crippen LogP) is 1.41. The molecule has 3 N–H and O–H groups in total. The van der Waals surface area contributed by atoms with Gasteiger partial charge in [0.25, 0.3) is 0 Å². The van der Waals surface area contributed by atoms with Gasteiger partial charge >= 0.3 is 5.97 Å². The maximum Gasteiger partial charge on any atom is 0.356 e. The molecule has 0 aromatic heterocycles. The minimum absolute atomic E-state index is 0.0497. The van der Waals surface area contributed by atoms with Gasteiger partial charge in [0.1, 0.15) is 0 Å². The van der Waals surface area contributed by atoms with Gasteiger partial charge in [-0.05, 0) is 19.1 Å². The topological polar surface area (TPSA) is 84.2 Å². The molecule has 0 saturated heterocycles. The number of carboxylic acid groups (broad SMARTS) is 1. The van der Waals surface area contributed by atoms with E-state index in [1.54, 1.807) is 18.2 Å². The quantitative estimate of drug-likeness (QED) is 0.666. The smallest absolute Gasteiger partial charge is 0.356 e. The highest BCUT2D eigenvalue weighted by Gasteiger charge is 2.31. The molecule has 1 aliphatic heterocycles. The van der Waals surface area contributed by atoms with Crippen LogP contribution in [0.3, 0.4) is 0 Å². The van der Waals surface area contributed by atoms with E-state index in [0.717, 1.165) is 5.06 Å². The fraction of sp³-hybridized carbons (Fsp3) is 0.100. The lowest BCUT2D eigenvalue weighted by molar-refractivity contribution is -0.133. The summed E-state index contributed by atoms with van der Waals surface area (Å²) in [6.07, 6.45) is 0. The van der Waals surface area contributed by atoms with Crippen LogP contribution in [-0.4, -0.2) is 21.5 Å². The Bertz CT molecular complexity index is 483. The summed E-state index contributed by atoms with van der Waals surface area (Å²) >= 11 is 0. The molecule has 0 aliphatic carbocycles.